The van der Waals surface area contributed by atoms with Gasteiger partial charge in [0.2, 0.25) is 3.79 Å². The minimum atomic E-state index is -7.45. The standard InChI is InChI=1S/C13H26O2Si.C10H7F11O2.C8H11F3O3.C6H7Cl3O2.C6H5F5O2.2C6H7F3O2.C5H5Br3O2.C5H5Cl3O2.C5H5F3O2.C4H4Cl2O2.C4H4F2O2/c1-8-13(14)15-9-16(10(2)3,11(4)5)12(6)7;1-2-5(22)23-4-3-6(11,12)7(13,14)8(15,16)9(17,18)10(19,20)21;1-3-7(12)14-6(2)4-13-5-8(9,10)11;1-2-5(10)11-4-3-6(7,8)9;1-2-4(12)13-3-5(7,8)6(9,10)11;1-3-5(10)11-4(2)6(7,8)9;1-2-5(10)11-4-3-6(7,8)9;3*1-2-4(9)10-3-5(6,7)8;2*1-2-3(7)8-4(5)6/h8,10-12H,1,9H2,2-7H3;2H,1,3-4H2;3,6H,1,4-5H2,2H3;2H,1,3-4H2;2H,1,3H2;3-4H,1H2,2H3;2H,1,3-4H2;3*2H,1,3H2;2*2,4H,1H2. The van der Waals surface area contributed by atoms with Gasteiger partial charge in [-0.25, -0.2) is 57.5 Å². The van der Waals surface area contributed by atoms with Crippen LogP contribution in [0.5, 0.6) is 0 Å². The summed E-state index contributed by atoms with van der Waals surface area (Å²) in [5.41, 5.74) is 1.85. The van der Waals surface area contributed by atoms with Crippen LogP contribution in [-0.2, 0) is 119 Å². The van der Waals surface area contributed by atoms with E-state index in [9.17, 15) is 189 Å². The molecular weight excluding hydrogens is 2460 g/mol. The molecule has 0 N–H and O–H groups in total. The van der Waals surface area contributed by atoms with Gasteiger partial charge in [-0.15, -0.1) is 0 Å². The zero-order valence-corrected chi connectivity index (χ0v) is 87.7. The first kappa shape index (κ1) is 163. The third kappa shape index (κ3) is 96.9. The number of rotatable bonds is 39. The van der Waals surface area contributed by atoms with E-state index in [1.165, 1.54) is 13.0 Å². The third-order valence-corrected chi connectivity index (χ3v) is 22.1. The van der Waals surface area contributed by atoms with Crippen LogP contribution < -0.4 is 0 Å². The van der Waals surface area contributed by atoms with E-state index in [2.05, 4.69) is 225 Å². The molecule has 0 amide bonds. The molecule has 0 saturated heterocycles. The van der Waals surface area contributed by atoms with E-state index in [1.807, 2.05) is 0 Å². The van der Waals surface area contributed by atoms with Gasteiger partial charge in [0.25, 0.3) is 5.02 Å². The number of alkyl halides is 41. The van der Waals surface area contributed by atoms with Gasteiger partial charge in [0.15, 0.2) is 25.3 Å². The molecule has 0 bridgehead atoms. The second-order valence-corrected chi connectivity index (χ2v) is 44.7. The Hall–Kier alpha value is -7.64. The monoisotopic (exact) mass is 2540 g/mol. The molecule has 0 aliphatic rings. The molecule has 25 nitrogen and oxygen atoms in total. The van der Waals surface area contributed by atoms with Crippen LogP contribution in [0, 0.1) is 0 Å². The summed E-state index contributed by atoms with van der Waals surface area (Å²) >= 11 is 51.4. The van der Waals surface area contributed by atoms with Crippen molar-refractivity contribution in [2.45, 2.75) is 192 Å². The lowest BCUT2D eigenvalue weighted by molar-refractivity contribution is -0.422. The van der Waals surface area contributed by atoms with Gasteiger partial charge in [0.1, 0.15) is 40.6 Å². The van der Waals surface area contributed by atoms with Crippen LogP contribution >= 0.6 is 141 Å². The third-order valence-electron chi connectivity index (χ3n) is 13.3. The molecule has 0 aromatic carbocycles. The molecule has 0 heterocycles. The fourth-order valence-corrected chi connectivity index (χ4v) is 12.9. The average Bonchev–Trinajstić information content (AvgIpc) is 0.722. The molecular formula is C78H93Br3Cl8F30O25Si. The van der Waals surface area contributed by atoms with Gasteiger partial charge >= 0.3 is 145 Å². The summed E-state index contributed by atoms with van der Waals surface area (Å²) in [5.74, 6) is -43.0. The zero-order valence-electron chi connectivity index (χ0n) is 75.9. The summed E-state index contributed by atoms with van der Waals surface area (Å²) in [6.45, 7) is 41.9. The van der Waals surface area contributed by atoms with E-state index in [0.29, 0.717) is 53.2 Å². The van der Waals surface area contributed by atoms with Gasteiger partial charge < -0.3 is 61.6 Å². The summed E-state index contributed by atoms with van der Waals surface area (Å²) in [4.78, 5) is 124. The number of ether oxygens (including phenoxy) is 13. The van der Waals surface area contributed by atoms with Crippen LogP contribution in [0.15, 0.2) is 152 Å². The molecule has 0 aromatic heterocycles. The summed E-state index contributed by atoms with van der Waals surface area (Å²) in [7, 11) is -1.60. The highest BCUT2D eigenvalue weighted by Gasteiger charge is 2.87. The SMILES string of the molecule is C=CC(=O)OC(C)C(F)(F)F.C=CC(=O)OC(C)COCC(F)(F)F.C=CC(=O)OC(Cl)Cl.C=CC(=O)OC(F)F.C=CC(=O)OCC(Br)(Br)Br.C=CC(=O)OCC(Cl)(Cl)Cl.C=CC(=O)OCC(F)(F)C(F)(F)F.C=CC(=O)OCC(F)(F)F.C=CC(=O)OCCC(Cl)(Cl)Cl.C=CC(=O)OCCC(F)(F)C(F)(F)C(F)(F)C(F)(F)C(F)(F)F.C=CC(=O)OCCC(F)(F)F.C=CC(=O)OC[Si](C(C)C)(C(C)C)C(C)C. The molecule has 0 rings (SSSR count). The lowest BCUT2D eigenvalue weighted by Crippen LogP contribution is -2.66. The maximum Gasteiger partial charge on any atom is 0.460 e. The van der Waals surface area contributed by atoms with Crippen molar-refractivity contribution < 1.29 is 251 Å². The smallest absolute Gasteiger partial charge is 0.460 e. The topological polar surface area (TPSA) is 325 Å². The quantitative estimate of drug-likeness (QED) is 0.0138. The summed E-state index contributed by atoms with van der Waals surface area (Å²) in [6, 6.07) is 0. The van der Waals surface area contributed by atoms with Crippen molar-refractivity contribution in [3.8, 4) is 0 Å². The lowest BCUT2D eigenvalue weighted by Gasteiger charge is -2.42. The van der Waals surface area contributed by atoms with Crippen molar-refractivity contribution in [3.63, 3.8) is 0 Å². The van der Waals surface area contributed by atoms with E-state index < -0.39 is 220 Å². The Morgan fingerprint density at radius 3 is 0.841 bits per heavy atom. The second-order valence-electron chi connectivity index (χ2n) is 25.4. The van der Waals surface area contributed by atoms with Crippen LogP contribution in [0.2, 0.25) is 16.6 Å². The Balaban J connectivity index is -0.000000135. The molecule has 0 saturated carbocycles. The van der Waals surface area contributed by atoms with Crippen molar-refractivity contribution in [2.24, 2.45) is 0 Å². The second kappa shape index (κ2) is 79.4. The molecule has 0 radical (unpaired) electrons. The van der Waals surface area contributed by atoms with E-state index in [-0.39, 0.29) is 38.8 Å². The molecule has 2 unspecified atom stereocenters. The van der Waals surface area contributed by atoms with Crippen molar-refractivity contribution in [2.75, 3.05) is 65.7 Å². The number of carbonyl (C=O) groups excluding carboxylic acids is 12. The molecule has 0 aliphatic carbocycles. The van der Waals surface area contributed by atoms with Crippen molar-refractivity contribution >= 4 is 220 Å². The van der Waals surface area contributed by atoms with E-state index >= 15 is 0 Å². The van der Waals surface area contributed by atoms with E-state index in [1.54, 1.807) is 0 Å². The van der Waals surface area contributed by atoms with Gasteiger partial charge in [0.05, 0.1) is 38.9 Å². The van der Waals surface area contributed by atoms with Gasteiger partial charge in [-0.1, -0.05) is 261 Å². The highest BCUT2D eigenvalue weighted by molar-refractivity contribution is 9.39. The molecule has 0 fully saturated rings. The summed E-state index contributed by atoms with van der Waals surface area (Å²) < 4.78 is 406. The normalized spacial score (nSPS) is 12.0. The highest BCUT2D eigenvalue weighted by Crippen LogP contribution is 2.58. The van der Waals surface area contributed by atoms with Crippen LogP contribution in [0.1, 0.15) is 74.7 Å². The van der Waals surface area contributed by atoms with Gasteiger partial charge in [-0.05, 0) is 30.5 Å². The van der Waals surface area contributed by atoms with Crippen LogP contribution in [0.3, 0.4) is 0 Å². The Bertz CT molecular complexity index is 3790. The minimum absolute atomic E-state index is 0.0847. The average molecular weight is 2550 g/mol. The van der Waals surface area contributed by atoms with Gasteiger partial charge in [0, 0.05) is 79.3 Å². The number of hydrogen-bond donors (Lipinski definition) is 0. The Kier molecular flexibility index (Phi) is 89.0. The minimum Gasteiger partial charge on any atom is -0.466 e. The van der Waals surface area contributed by atoms with E-state index in [4.69, 9.17) is 97.5 Å². The largest absolute Gasteiger partial charge is 0.466 e. The zero-order chi connectivity index (χ0) is 118. The van der Waals surface area contributed by atoms with Gasteiger partial charge in [-0.3, -0.25) is 0 Å². The van der Waals surface area contributed by atoms with Crippen molar-refractivity contribution in [3.05, 3.63) is 152 Å². The molecule has 0 spiro atoms. The van der Waals surface area contributed by atoms with Crippen molar-refractivity contribution in [1.29, 1.82) is 0 Å². The summed E-state index contributed by atoms with van der Waals surface area (Å²) in [5, 5.41) is -1.10. The number of esters is 12. The fraction of sp³-hybridized carbons (Fsp3) is 0.538. The Morgan fingerprint density at radius 2 is 0.586 bits per heavy atom. The maximum atomic E-state index is 13.0. The molecule has 2 atom stereocenters. The van der Waals surface area contributed by atoms with Gasteiger partial charge in [-0.2, -0.15) is 132 Å². The predicted molar refractivity (Wildman–Crippen MR) is 482 cm³/mol. The van der Waals surface area contributed by atoms with Crippen LogP contribution in [-0.4, -0.2) is 246 Å². The first-order valence-corrected chi connectivity index (χ1v) is 45.0. The molecule has 846 valence electrons. The Labute approximate surface area is 874 Å². The number of halogens is 41. The van der Waals surface area contributed by atoms with E-state index in [0.717, 1.165) is 43.4 Å². The fourth-order valence-electron chi connectivity index (χ4n) is 6.63. The predicted octanol–water partition coefficient (Wildman–Crippen LogP) is 25.9. The number of carbonyl (C=O) groups is 12. The number of hydrogen-bond acceptors (Lipinski definition) is 25. The molecule has 145 heavy (non-hydrogen) atoms. The highest BCUT2D eigenvalue weighted by atomic mass is 80.0. The first-order chi connectivity index (χ1) is 64.8. The van der Waals surface area contributed by atoms with Crippen molar-refractivity contribution in [1.82, 2.24) is 0 Å². The first-order valence-electron chi connectivity index (χ1n) is 37.1. The molecule has 0 aromatic rings. The Morgan fingerprint density at radius 1 is 0.303 bits per heavy atom. The maximum absolute atomic E-state index is 13.0. The van der Waals surface area contributed by atoms with Crippen LogP contribution in [0.4, 0.5) is 132 Å². The molecule has 0 aliphatic heterocycles. The lowest BCUT2D eigenvalue weighted by atomic mass is 9.96. The van der Waals surface area contributed by atoms with Crippen LogP contribution in [0.25, 0.3) is 0 Å². The summed E-state index contributed by atoms with van der Waals surface area (Å²) in [6.07, 6.45) is -26.0. The molecule has 67 heteroatoms.